The van der Waals surface area contributed by atoms with Gasteiger partial charge in [-0.3, -0.25) is 0 Å². The quantitative estimate of drug-likeness (QED) is 0.143. The normalized spacial score (nSPS) is 11.4. The van der Waals surface area contributed by atoms with Gasteiger partial charge in [-0.05, 0) is 25.7 Å². The molecule has 1 aromatic rings. The number of imidazole rings is 1. The molecule has 0 aliphatic carbocycles. The van der Waals surface area contributed by atoms with Crippen molar-refractivity contribution >= 4 is 0 Å². The zero-order valence-corrected chi connectivity index (χ0v) is 20.4. The van der Waals surface area contributed by atoms with Crippen LogP contribution in [0.15, 0.2) is 12.4 Å². The summed E-state index contributed by atoms with van der Waals surface area (Å²) in [6, 6.07) is 0. The van der Waals surface area contributed by atoms with Crippen molar-refractivity contribution in [3.05, 3.63) is 18.2 Å². The summed E-state index contributed by atoms with van der Waals surface area (Å²) in [7, 11) is 0. The molecule has 0 saturated heterocycles. The maximum absolute atomic E-state index is 2.57. The Labute approximate surface area is 183 Å². The maximum atomic E-state index is 2.57. The van der Waals surface area contributed by atoms with E-state index in [9.17, 15) is 0 Å². The third-order valence-corrected chi connectivity index (χ3v) is 6.35. The molecule has 1 rings (SSSR count). The summed E-state index contributed by atoms with van der Waals surface area (Å²) in [6.45, 7) is 9.32. The first kappa shape index (κ1) is 26.2. The van der Waals surface area contributed by atoms with E-state index in [1.807, 2.05) is 0 Å². The van der Waals surface area contributed by atoms with Gasteiger partial charge in [0, 0.05) is 6.42 Å². The summed E-state index contributed by atoms with van der Waals surface area (Å²) in [4.78, 5) is 0. The summed E-state index contributed by atoms with van der Waals surface area (Å²) < 4.78 is 5.11. The van der Waals surface area contributed by atoms with Crippen molar-refractivity contribution in [3.8, 4) is 0 Å². The summed E-state index contributed by atoms with van der Waals surface area (Å²) >= 11 is 0. The van der Waals surface area contributed by atoms with Gasteiger partial charge in [-0.15, -0.1) is 0 Å². The smallest absolute Gasteiger partial charge is 0.234 e. The van der Waals surface area contributed by atoms with Crippen molar-refractivity contribution in [1.82, 2.24) is 4.57 Å². The van der Waals surface area contributed by atoms with Crippen LogP contribution in [0, 0.1) is 0 Å². The average molecular weight is 406 g/mol. The van der Waals surface area contributed by atoms with Crippen molar-refractivity contribution in [2.45, 2.75) is 156 Å². The SMILES string of the molecule is CCCCCCCCCCCCCC[n+]1ccn(CCCC)c1CCCCCC. The van der Waals surface area contributed by atoms with Crippen molar-refractivity contribution in [2.75, 3.05) is 0 Å². The van der Waals surface area contributed by atoms with E-state index in [1.54, 1.807) is 5.82 Å². The van der Waals surface area contributed by atoms with Crippen LogP contribution in [0.4, 0.5) is 0 Å². The maximum Gasteiger partial charge on any atom is 0.256 e. The Morgan fingerprint density at radius 2 is 1.07 bits per heavy atom. The second-order valence-electron chi connectivity index (χ2n) is 9.15. The second kappa shape index (κ2) is 19.2. The molecule has 1 heterocycles. The molecule has 0 bridgehead atoms. The second-order valence-corrected chi connectivity index (χ2v) is 9.15. The Hall–Kier alpha value is -0.790. The fourth-order valence-electron chi connectivity index (χ4n) is 4.35. The minimum absolute atomic E-state index is 1.20. The summed E-state index contributed by atoms with van der Waals surface area (Å²) in [5.41, 5.74) is 0. The Bertz CT molecular complexity index is 463. The number of aromatic nitrogens is 2. The van der Waals surface area contributed by atoms with Crippen molar-refractivity contribution < 1.29 is 4.57 Å². The van der Waals surface area contributed by atoms with Gasteiger partial charge in [0.2, 0.25) is 0 Å². The Morgan fingerprint density at radius 1 is 0.586 bits per heavy atom. The zero-order valence-electron chi connectivity index (χ0n) is 20.4. The highest BCUT2D eigenvalue weighted by Gasteiger charge is 2.16. The van der Waals surface area contributed by atoms with Gasteiger partial charge in [-0.25, -0.2) is 9.13 Å². The molecule has 0 spiro atoms. The Balaban J connectivity index is 2.18. The Kier molecular flexibility index (Phi) is 17.4. The summed E-state index contributed by atoms with van der Waals surface area (Å²) in [5, 5.41) is 0. The predicted molar refractivity (Wildman–Crippen MR) is 128 cm³/mol. The van der Waals surface area contributed by atoms with Crippen LogP contribution in [0.2, 0.25) is 0 Å². The van der Waals surface area contributed by atoms with Crippen molar-refractivity contribution in [3.63, 3.8) is 0 Å². The largest absolute Gasteiger partial charge is 0.256 e. The first-order valence-electron chi connectivity index (χ1n) is 13.4. The average Bonchev–Trinajstić information content (AvgIpc) is 3.12. The molecule has 2 nitrogen and oxygen atoms in total. The molecule has 0 aromatic carbocycles. The molecule has 0 fully saturated rings. The molecular weight excluding hydrogens is 352 g/mol. The van der Waals surface area contributed by atoms with E-state index in [2.05, 4.69) is 42.3 Å². The van der Waals surface area contributed by atoms with Crippen molar-refractivity contribution in [1.29, 1.82) is 0 Å². The molecule has 170 valence electrons. The van der Waals surface area contributed by atoms with Crippen LogP contribution in [-0.4, -0.2) is 4.57 Å². The van der Waals surface area contributed by atoms with Crippen LogP contribution < -0.4 is 4.57 Å². The van der Waals surface area contributed by atoms with Crippen LogP contribution in [0.5, 0.6) is 0 Å². The highest BCUT2D eigenvalue weighted by Crippen LogP contribution is 2.12. The molecule has 0 N–H and O–H groups in total. The van der Waals surface area contributed by atoms with Gasteiger partial charge in [-0.2, -0.15) is 0 Å². The zero-order chi connectivity index (χ0) is 21.0. The molecule has 29 heavy (non-hydrogen) atoms. The lowest BCUT2D eigenvalue weighted by Crippen LogP contribution is -2.37. The van der Waals surface area contributed by atoms with E-state index in [1.165, 1.54) is 135 Å². The van der Waals surface area contributed by atoms with Crippen LogP contribution in [0.1, 0.15) is 142 Å². The van der Waals surface area contributed by atoms with Gasteiger partial charge in [0.1, 0.15) is 12.4 Å². The lowest BCUT2D eigenvalue weighted by Gasteiger charge is -2.06. The van der Waals surface area contributed by atoms with E-state index < -0.39 is 0 Å². The first-order valence-corrected chi connectivity index (χ1v) is 13.4. The van der Waals surface area contributed by atoms with Gasteiger partial charge in [0.05, 0.1) is 13.1 Å². The van der Waals surface area contributed by atoms with Crippen LogP contribution in [-0.2, 0) is 19.5 Å². The fraction of sp³-hybridized carbons (Fsp3) is 0.889. The van der Waals surface area contributed by atoms with Crippen LogP contribution in [0.3, 0.4) is 0 Å². The number of unbranched alkanes of at least 4 members (excludes halogenated alkanes) is 15. The number of hydrogen-bond donors (Lipinski definition) is 0. The fourth-order valence-corrected chi connectivity index (χ4v) is 4.35. The van der Waals surface area contributed by atoms with E-state index in [0.29, 0.717) is 0 Å². The predicted octanol–water partition coefficient (Wildman–Crippen LogP) is 8.40. The highest BCUT2D eigenvalue weighted by atomic mass is 15.1. The minimum atomic E-state index is 1.20. The number of aryl methyl sites for hydroxylation is 2. The summed E-state index contributed by atoms with van der Waals surface area (Å²) in [5.74, 6) is 1.58. The lowest BCUT2D eigenvalue weighted by molar-refractivity contribution is -0.704. The van der Waals surface area contributed by atoms with Gasteiger partial charge in [0.25, 0.3) is 5.82 Å². The molecule has 0 saturated carbocycles. The number of rotatable bonds is 21. The van der Waals surface area contributed by atoms with Crippen molar-refractivity contribution in [2.24, 2.45) is 0 Å². The minimum Gasteiger partial charge on any atom is -0.234 e. The number of hydrogen-bond acceptors (Lipinski definition) is 0. The molecule has 0 radical (unpaired) electrons. The molecule has 0 amide bonds. The topological polar surface area (TPSA) is 8.81 Å². The van der Waals surface area contributed by atoms with E-state index >= 15 is 0 Å². The molecule has 0 aliphatic heterocycles. The first-order chi connectivity index (χ1) is 14.3. The molecule has 0 aliphatic rings. The molecule has 0 atom stereocenters. The van der Waals surface area contributed by atoms with Crippen LogP contribution >= 0.6 is 0 Å². The monoisotopic (exact) mass is 405 g/mol. The third kappa shape index (κ3) is 13.2. The van der Waals surface area contributed by atoms with E-state index in [4.69, 9.17) is 0 Å². The standard InChI is InChI=1S/C27H53N2/c1-4-7-10-12-13-14-15-16-17-18-19-21-24-29-26-25-28(23-9-6-3)27(29)22-20-11-8-5-2/h25-26H,4-24H2,1-3H3/q+1. The van der Waals surface area contributed by atoms with Gasteiger partial charge in [-0.1, -0.05) is 111 Å². The van der Waals surface area contributed by atoms with Gasteiger partial charge < -0.3 is 0 Å². The third-order valence-electron chi connectivity index (χ3n) is 6.35. The molecule has 0 unspecified atom stereocenters. The lowest BCUT2D eigenvalue weighted by atomic mass is 10.1. The van der Waals surface area contributed by atoms with E-state index in [0.717, 1.165) is 0 Å². The number of nitrogens with zero attached hydrogens (tertiary/aromatic N) is 2. The van der Waals surface area contributed by atoms with Gasteiger partial charge >= 0.3 is 0 Å². The highest BCUT2D eigenvalue weighted by molar-refractivity contribution is 4.84. The molecule has 2 heteroatoms. The Morgan fingerprint density at radius 3 is 1.62 bits per heavy atom. The summed E-state index contributed by atoms with van der Waals surface area (Å²) in [6.07, 6.45) is 31.2. The molecular formula is C27H53N2+. The van der Waals surface area contributed by atoms with Gasteiger partial charge in [0.15, 0.2) is 0 Å². The van der Waals surface area contributed by atoms with Crippen LogP contribution in [0.25, 0.3) is 0 Å². The molecule has 1 aromatic heterocycles. The van der Waals surface area contributed by atoms with E-state index in [-0.39, 0.29) is 0 Å².